The van der Waals surface area contributed by atoms with Crippen molar-refractivity contribution in [3.05, 3.63) is 121 Å². The van der Waals surface area contributed by atoms with Crippen molar-refractivity contribution in [3.63, 3.8) is 0 Å². The Hall–Kier alpha value is -5.30. The first-order valence-corrected chi connectivity index (χ1v) is 23.7. The summed E-state index contributed by atoms with van der Waals surface area (Å²) in [6.07, 6.45) is 0. The zero-order valence-electron chi connectivity index (χ0n) is 34.0. The van der Waals surface area contributed by atoms with Crippen molar-refractivity contribution in [2.24, 2.45) is 0 Å². The summed E-state index contributed by atoms with van der Waals surface area (Å²) in [6, 6.07) is 14.6. The molecule has 0 saturated carbocycles. The van der Waals surface area contributed by atoms with Gasteiger partial charge < -0.3 is 27.8 Å². The Morgan fingerprint density at radius 2 is 0.926 bits per heavy atom. The van der Waals surface area contributed by atoms with Gasteiger partial charge in [0.25, 0.3) is 0 Å². The molecule has 0 unspecified atom stereocenters. The van der Waals surface area contributed by atoms with Gasteiger partial charge >= 0.3 is 12.1 Å². The Kier molecular flexibility index (Phi) is 20.6. The first-order valence-electron chi connectivity index (χ1n) is 18.6. The van der Waals surface area contributed by atoms with Crippen molar-refractivity contribution in [2.45, 2.75) is 21.3 Å². The highest BCUT2D eigenvalue weighted by molar-refractivity contribution is 7.23. The summed E-state index contributed by atoms with van der Waals surface area (Å²) in [4.78, 5) is 38.7. The molecule has 9 rings (SSSR count). The predicted molar refractivity (Wildman–Crippen MR) is 275 cm³/mol. The number of anilines is 5. The smallest absolute Gasteiger partial charge is 0.321 e. The number of carbonyl (C=O) groups is 2. The van der Waals surface area contributed by atoms with Crippen LogP contribution in [0.2, 0.25) is 25.1 Å². The third kappa shape index (κ3) is 15.1. The molecule has 0 aliphatic rings. The Labute approximate surface area is 424 Å². The van der Waals surface area contributed by atoms with Gasteiger partial charge in [-0.2, -0.15) is 0 Å². The van der Waals surface area contributed by atoms with Crippen molar-refractivity contribution >= 4 is 182 Å². The molecule has 0 spiro atoms. The number of aromatic nitrogens is 4. The lowest BCUT2D eigenvalue weighted by molar-refractivity contribution is 0.251. The van der Waals surface area contributed by atoms with Crippen LogP contribution in [0, 0.1) is 29.1 Å². The molecule has 0 aliphatic carbocycles. The van der Waals surface area contributed by atoms with Gasteiger partial charge in [-0.05, 0) is 80.6 Å². The number of rotatable bonds is 4. The molecular formula is C41H35Cl5F5N11O2S4. The van der Waals surface area contributed by atoms with Gasteiger partial charge in [-0.25, -0.2) is 51.5 Å². The summed E-state index contributed by atoms with van der Waals surface area (Å²) >= 11 is 32.8. The van der Waals surface area contributed by atoms with E-state index in [1.54, 1.807) is 6.07 Å². The standard InChI is InChI=1S/2C10H9ClFN3OS.2C7H4ClFN2S.C6H5ClFN.CH4/c1-2-13-9(16)15-10-14-7-3-5(11)6(12)4-8(7)17-10;1-2-13-9(16)15-10-14-6-4-3-5(12)7(11)8(6)17-10;8-3-1-5-6(2-4(3)9)12-7(10)11-5;8-5-3(9)1-2-4-6(5)12-7(10)11-4;7-5-3-4(9)1-2-6(5)8;/h2*3-4H,2H2,1H3,(H2,13,14,15,16);2*1-2H,(H2,10,11);1-3H,9H2;1H4. The van der Waals surface area contributed by atoms with Crippen LogP contribution >= 0.6 is 103 Å². The van der Waals surface area contributed by atoms with Crippen molar-refractivity contribution in [3.8, 4) is 0 Å². The number of halogens is 10. The van der Waals surface area contributed by atoms with Crippen LogP contribution in [-0.2, 0) is 0 Å². The van der Waals surface area contributed by atoms with Gasteiger partial charge in [-0.15, -0.1) is 0 Å². The number of nitrogens with one attached hydrogen (secondary N) is 4. The Morgan fingerprint density at radius 3 is 1.44 bits per heavy atom. The van der Waals surface area contributed by atoms with Crippen molar-refractivity contribution in [2.75, 3.05) is 40.9 Å². The minimum atomic E-state index is -0.493. The molecule has 360 valence electrons. The summed E-state index contributed by atoms with van der Waals surface area (Å²) in [7, 11) is 0. The van der Waals surface area contributed by atoms with Gasteiger partial charge in [0.15, 0.2) is 20.5 Å². The number of fused-ring (bicyclic) bond motifs is 4. The fourth-order valence-electron chi connectivity index (χ4n) is 4.98. The number of hydrogen-bond donors (Lipinski definition) is 7. The monoisotopic (exact) mass is 1110 g/mol. The number of amides is 4. The van der Waals surface area contributed by atoms with E-state index in [0.29, 0.717) is 75.5 Å². The normalized spacial score (nSPS) is 10.4. The van der Waals surface area contributed by atoms with E-state index in [9.17, 15) is 31.5 Å². The van der Waals surface area contributed by atoms with E-state index in [1.165, 1.54) is 94.7 Å². The van der Waals surface area contributed by atoms with Crippen LogP contribution in [0.25, 0.3) is 40.9 Å². The Bertz CT molecular complexity index is 3130. The summed E-state index contributed by atoms with van der Waals surface area (Å²) in [5, 5.41) is 12.2. The van der Waals surface area contributed by atoms with E-state index < -0.39 is 29.1 Å². The first kappa shape index (κ1) is 55.3. The van der Waals surface area contributed by atoms with Gasteiger partial charge in [0, 0.05) is 18.8 Å². The lowest BCUT2D eigenvalue weighted by atomic mass is 10.3. The summed E-state index contributed by atoms with van der Waals surface area (Å²) in [5.41, 5.74) is 19.0. The molecule has 4 heterocycles. The maximum atomic E-state index is 13.2. The van der Waals surface area contributed by atoms with Crippen molar-refractivity contribution in [1.82, 2.24) is 30.6 Å². The topological polar surface area (TPSA) is 212 Å². The Balaban J connectivity index is 0.000000188. The molecule has 13 nitrogen and oxygen atoms in total. The third-order valence-electron chi connectivity index (χ3n) is 7.85. The molecule has 9 aromatic rings. The molecule has 0 saturated heterocycles. The zero-order chi connectivity index (χ0) is 49.1. The van der Waals surface area contributed by atoms with Crippen LogP contribution < -0.4 is 38.5 Å². The molecule has 0 fully saturated rings. The molecule has 0 aliphatic heterocycles. The van der Waals surface area contributed by atoms with E-state index in [0.717, 1.165) is 16.0 Å². The molecule has 4 aromatic heterocycles. The fourth-order valence-corrected chi connectivity index (χ4v) is 9.29. The highest BCUT2D eigenvalue weighted by Crippen LogP contribution is 2.35. The van der Waals surface area contributed by atoms with Crippen molar-refractivity contribution in [1.29, 1.82) is 0 Å². The van der Waals surface area contributed by atoms with Gasteiger partial charge in [0.05, 0.1) is 66.0 Å². The summed E-state index contributed by atoms with van der Waals surface area (Å²) in [6.45, 7) is 4.67. The number of nitrogen functional groups attached to an aromatic ring is 3. The number of hydrogen-bond acceptors (Lipinski definition) is 13. The van der Waals surface area contributed by atoms with Gasteiger partial charge in [0.1, 0.15) is 29.1 Å². The lowest BCUT2D eigenvalue weighted by Gasteiger charge is -2.00. The zero-order valence-corrected chi connectivity index (χ0v) is 41.1. The number of benzene rings is 5. The lowest BCUT2D eigenvalue weighted by Crippen LogP contribution is -2.28. The van der Waals surface area contributed by atoms with Gasteiger partial charge in [0.2, 0.25) is 0 Å². The SMILES string of the molecule is C.CCNC(=O)Nc1nc2cc(Cl)c(F)cc2s1.CCNC(=O)Nc1nc2ccc(F)c(Cl)c2s1.Nc1ccc(F)c(Cl)c1.Nc1nc2cc(Cl)c(F)cc2s1.Nc1nc2ccc(F)c(Cl)c2s1. The fraction of sp³-hybridized carbons (Fsp3) is 0.122. The number of carbonyl (C=O) groups excluding carboxylic acids is 2. The molecule has 0 radical (unpaired) electrons. The molecule has 10 N–H and O–H groups in total. The van der Waals surface area contributed by atoms with Crippen LogP contribution in [0.5, 0.6) is 0 Å². The predicted octanol–water partition coefficient (Wildman–Crippen LogP) is 14.5. The minimum absolute atomic E-state index is 0. The summed E-state index contributed by atoms with van der Waals surface area (Å²) < 4.78 is 66.9. The maximum absolute atomic E-state index is 13.2. The van der Waals surface area contributed by atoms with E-state index in [2.05, 4.69) is 41.2 Å². The van der Waals surface area contributed by atoms with Crippen LogP contribution in [-0.4, -0.2) is 45.1 Å². The first-order chi connectivity index (χ1) is 31.8. The van der Waals surface area contributed by atoms with Crippen LogP contribution in [0.1, 0.15) is 21.3 Å². The average Bonchev–Trinajstić information content (AvgIpc) is 4.05. The van der Waals surface area contributed by atoms with Crippen LogP contribution in [0.3, 0.4) is 0 Å². The van der Waals surface area contributed by atoms with Gasteiger partial charge in [-0.1, -0.05) is 111 Å². The van der Waals surface area contributed by atoms with Gasteiger partial charge in [-0.3, -0.25) is 10.6 Å². The molecule has 0 atom stereocenters. The number of nitrogens with zero attached hydrogens (tertiary/aromatic N) is 4. The second kappa shape index (κ2) is 25.3. The largest absolute Gasteiger partial charge is 0.399 e. The summed E-state index contributed by atoms with van der Waals surface area (Å²) in [5.74, 6) is -2.30. The minimum Gasteiger partial charge on any atom is -0.399 e. The molecule has 27 heteroatoms. The quantitative estimate of drug-likeness (QED) is 0.0659. The molecule has 5 aromatic carbocycles. The van der Waals surface area contributed by atoms with Crippen LogP contribution in [0.15, 0.2) is 66.7 Å². The molecular weight excluding hydrogens is 1080 g/mol. The molecule has 0 bridgehead atoms. The molecule has 68 heavy (non-hydrogen) atoms. The maximum Gasteiger partial charge on any atom is 0.321 e. The molecule has 4 amide bonds. The van der Waals surface area contributed by atoms with Crippen LogP contribution in [0.4, 0.5) is 57.8 Å². The second-order valence-corrected chi connectivity index (χ2v) is 18.8. The van der Waals surface area contributed by atoms with E-state index in [-0.39, 0.29) is 44.6 Å². The van der Waals surface area contributed by atoms with E-state index in [4.69, 9.17) is 75.2 Å². The average molecular weight is 1110 g/mol. The number of nitrogens with two attached hydrogens (primary N) is 3. The number of thiazole rings is 4. The van der Waals surface area contributed by atoms with E-state index >= 15 is 0 Å². The third-order valence-corrected chi connectivity index (χ3v) is 13.4. The second-order valence-electron chi connectivity index (χ2n) is 12.7. The Morgan fingerprint density at radius 1 is 0.515 bits per heavy atom. The number of urea groups is 2. The van der Waals surface area contributed by atoms with Crippen molar-refractivity contribution < 1.29 is 31.5 Å². The highest BCUT2D eigenvalue weighted by atomic mass is 35.5. The van der Waals surface area contributed by atoms with E-state index in [1.807, 2.05) is 13.8 Å². The highest BCUT2D eigenvalue weighted by Gasteiger charge is 2.14.